The molecule has 0 fully saturated rings. The van der Waals surface area contributed by atoms with E-state index in [-0.39, 0.29) is 0 Å². The van der Waals surface area contributed by atoms with Crippen molar-refractivity contribution in [1.82, 2.24) is 9.71 Å². The fourth-order valence-corrected chi connectivity index (χ4v) is 2.84. The smallest absolute Gasteiger partial charge is 0.209 e. The lowest BCUT2D eigenvalue weighted by Gasteiger charge is -2.26. The third kappa shape index (κ3) is 5.47. The van der Waals surface area contributed by atoms with E-state index in [4.69, 9.17) is 0 Å². The Hall–Kier alpha value is -0.660. The summed E-state index contributed by atoms with van der Waals surface area (Å²) in [5.74, 6) is 0. The highest BCUT2D eigenvalue weighted by Crippen LogP contribution is 2.20. The van der Waals surface area contributed by atoms with E-state index >= 15 is 0 Å². The number of aromatic nitrogens is 1. The first kappa shape index (κ1) is 14.4. The molecular formula is C10H16BrN3O2S. The van der Waals surface area contributed by atoms with Crippen LogP contribution in [0.25, 0.3) is 0 Å². The first-order valence-electron chi connectivity index (χ1n) is 5.02. The van der Waals surface area contributed by atoms with E-state index in [0.717, 1.165) is 16.4 Å². The Kier molecular flexibility index (Phi) is 4.51. The highest BCUT2D eigenvalue weighted by atomic mass is 79.9. The highest BCUT2D eigenvalue weighted by Gasteiger charge is 2.21. The van der Waals surface area contributed by atoms with Gasteiger partial charge in [-0.25, -0.2) is 13.1 Å². The number of rotatable bonds is 5. The van der Waals surface area contributed by atoms with Gasteiger partial charge in [-0.2, -0.15) is 0 Å². The van der Waals surface area contributed by atoms with E-state index in [1.165, 1.54) is 0 Å². The fourth-order valence-electron chi connectivity index (χ4n) is 1.37. The van der Waals surface area contributed by atoms with Crippen molar-refractivity contribution in [3.63, 3.8) is 0 Å². The number of halogens is 1. The summed E-state index contributed by atoms with van der Waals surface area (Å²) in [5.41, 5.74) is 0.319. The summed E-state index contributed by atoms with van der Waals surface area (Å²) in [6.07, 6.45) is 4.50. The lowest BCUT2D eigenvalue weighted by molar-refractivity contribution is 0.476. The van der Waals surface area contributed by atoms with Crippen LogP contribution < -0.4 is 10.0 Å². The van der Waals surface area contributed by atoms with Crippen molar-refractivity contribution >= 4 is 31.6 Å². The molecule has 0 aliphatic rings. The molecule has 0 aromatic carbocycles. The highest BCUT2D eigenvalue weighted by molar-refractivity contribution is 9.10. The second kappa shape index (κ2) is 5.32. The molecule has 0 bridgehead atoms. The SMILES string of the molecule is CC(C)(CNc1ccncc1Br)NS(C)(=O)=O. The van der Waals surface area contributed by atoms with E-state index in [9.17, 15) is 8.42 Å². The summed E-state index contributed by atoms with van der Waals surface area (Å²) in [6, 6.07) is 1.82. The van der Waals surface area contributed by atoms with E-state index in [2.05, 4.69) is 31.0 Å². The number of anilines is 1. The average Bonchev–Trinajstić information content (AvgIpc) is 2.13. The molecule has 1 aromatic heterocycles. The topological polar surface area (TPSA) is 71.1 Å². The molecule has 1 heterocycles. The summed E-state index contributed by atoms with van der Waals surface area (Å²) < 4.78 is 25.7. The Morgan fingerprint density at radius 3 is 2.65 bits per heavy atom. The average molecular weight is 322 g/mol. The molecule has 0 spiro atoms. The zero-order chi connectivity index (χ0) is 13.1. The Labute approximate surface area is 110 Å². The van der Waals surface area contributed by atoms with Crippen LogP contribution in [-0.2, 0) is 10.0 Å². The number of nitrogens with zero attached hydrogens (tertiary/aromatic N) is 1. The number of hydrogen-bond donors (Lipinski definition) is 2. The third-order valence-electron chi connectivity index (χ3n) is 1.95. The van der Waals surface area contributed by atoms with Gasteiger partial charge in [0, 0.05) is 24.5 Å². The molecule has 0 unspecified atom stereocenters. The van der Waals surface area contributed by atoms with Crippen molar-refractivity contribution in [2.75, 3.05) is 18.1 Å². The van der Waals surface area contributed by atoms with Gasteiger partial charge in [0.2, 0.25) is 10.0 Å². The second-order valence-corrected chi connectivity index (χ2v) is 7.07. The Morgan fingerprint density at radius 2 is 2.12 bits per heavy atom. The van der Waals surface area contributed by atoms with Gasteiger partial charge in [-0.05, 0) is 35.8 Å². The van der Waals surface area contributed by atoms with Crippen LogP contribution in [0.2, 0.25) is 0 Å². The maximum Gasteiger partial charge on any atom is 0.209 e. The lowest BCUT2D eigenvalue weighted by atomic mass is 10.1. The molecule has 0 amide bonds. The van der Waals surface area contributed by atoms with Crippen LogP contribution in [0.5, 0.6) is 0 Å². The van der Waals surface area contributed by atoms with Crippen LogP contribution in [0, 0.1) is 0 Å². The predicted octanol–water partition coefficient (Wildman–Crippen LogP) is 1.58. The van der Waals surface area contributed by atoms with Crippen molar-refractivity contribution in [3.05, 3.63) is 22.9 Å². The molecule has 1 rings (SSSR count). The molecule has 0 aliphatic heterocycles. The van der Waals surface area contributed by atoms with Crippen molar-refractivity contribution in [1.29, 1.82) is 0 Å². The van der Waals surface area contributed by atoms with Crippen molar-refractivity contribution in [2.45, 2.75) is 19.4 Å². The molecule has 7 heteroatoms. The zero-order valence-corrected chi connectivity index (χ0v) is 12.4. The van der Waals surface area contributed by atoms with Gasteiger partial charge in [0.15, 0.2) is 0 Å². The Balaban J connectivity index is 2.65. The molecule has 0 atom stereocenters. The van der Waals surface area contributed by atoms with Crippen LogP contribution >= 0.6 is 15.9 Å². The quantitative estimate of drug-likeness (QED) is 0.863. The first-order valence-corrected chi connectivity index (χ1v) is 7.70. The Bertz CT molecular complexity index is 488. The molecule has 0 saturated heterocycles. The normalized spacial score (nSPS) is 12.5. The van der Waals surface area contributed by atoms with Crippen LogP contribution in [-0.4, -0.2) is 31.7 Å². The minimum Gasteiger partial charge on any atom is -0.382 e. The lowest BCUT2D eigenvalue weighted by Crippen LogP contribution is -2.47. The van der Waals surface area contributed by atoms with Crippen molar-refractivity contribution < 1.29 is 8.42 Å². The van der Waals surface area contributed by atoms with Crippen molar-refractivity contribution in [3.8, 4) is 0 Å². The maximum atomic E-state index is 11.2. The standard InChI is InChI=1S/C10H16BrN3O2S/c1-10(2,14-17(3,15)16)7-13-9-4-5-12-6-8(9)11/h4-6,14H,7H2,1-3H3,(H,12,13). The fraction of sp³-hybridized carbons (Fsp3) is 0.500. The van der Waals surface area contributed by atoms with E-state index in [1.807, 2.05) is 19.9 Å². The van der Waals surface area contributed by atoms with Crippen LogP contribution in [0.4, 0.5) is 5.69 Å². The Morgan fingerprint density at radius 1 is 1.47 bits per heavy atom. The van der Waals surface area contributed by atoms with Crippen LogP contribution in [0.15, 0.2) is 22.9 Å². The molecular weight excluding hydrogens is 306 g/mol. The maximum absolute atomic E-state index is 11.2. The second-order valence-electron chi connectivity index (χ2n) is 4.47. The molecule has 0 saturated carbocycles. The van der Waals surface area contributed by atoms with Gasteiger partial charge >= 0.3 is 0 Å². The van der Waals surface area contributed by atoms with Gasteiger partial charge in [0.1, 0.15) is 0 Å². The van der Waals surface area contributed by atoms with Gasteiger partial charge in [-0.3, -0.25) is 4.98 Å². The van der Waals surface area contributed by atoms with Gasteiger partial charge < -0.3 is 5.32 Å². The predicted molar refractivity (Wildman–Crippen MR) is 72.5 cm³/mol. The summed E-state index contributed by atoms with van der Waals surface area (Å²) in [5, 5.41) is 3.16. The largest absolute Gasteiger partial charge is 0.382 e. The molecule has 0 radical (unpaired) electrons. The molecule has 0 aliphatic carbocycles. The summed E-state index contributed by atoms with van der Waals surface area (Å²) >= 11 is 3.36. The molecule has 1 aromatic rings. The monoisotopic (exact) mass is 321 g/mol. The molecule has 5 nitrogen and oxygen atoms in total. The number of hydrogen-bond acceptors (Lipinski definition) is 4. The van der Waals surface area contributed by atoms with E-state index in [0.29, 0.717) is 6.54 Å². The number of nitrogens with one attached hydrogen (secondary N) is 2. The van der Waals surface area contributed by atoms with E-state index in [1.54, 1.807) is 12.4 Å². The molecule has 96 valence electrons. The summed E-state index contributed by atoms with van der Waals surface area (Å²) in [4.78, 5) is 3.95. The van der Waals surface area contributed by atoms with E-state index < -0.39 is 15.6 Å². The molecule has 2 N–H and O–H groups in total. The summed E-state index contributed by atoms with van der Waals surface area (Å²) in [7, 11) is -3.21. The number of pyridine rings is 1. The summed E-state index contributed by atoms with van der Waals surface area (Å²) in [6.45, 7) is 4.11. The van der Waals surface area contributed by atoms with Crippen LogP contribution in [0.3, 0.4) is 0 Å². The molecule has 17 heavy (non-hydrogen) atoms. The van der Waals surface area contributed by atoms with Gasteiger partial charge in [0.25, 0.3) is 0 Å². The minimum absolute atomic E-state index is 0.475. The van der Waals surface area contributed by atoms with Gasteiger partial charge in [-0.15, -0.1) is 0 Å². The van der Waals surface area contributed by atoms with Crippen LogP contribution in [0.1, 0.15) is 13.8 Å². The van der Waals surface area contributed by atoms with Gasteiger partial charge in [-0.1, -0.05) is 0 Å². The minimum atomic E-state index is -3.21. The first-order chi connectivity index (χ1) is 7.70. The van der Waals surface area contributed by atoms with Crippen molar-refractivity contribution in [2.24, 2.45) is 0 Å². The zero-order valence-electron chi connectivity index (χ0n) is 9.99. The van der Waals surface area contributed by atoms with Gasteiger partial charge in [0.05, 0.1) is 16.4 Å². The number of sulfonamides is 1. The third-order valence-corrected chi connectivity index (χ3v) is 3.51.